The molecule has 3 atom stereocenters. The Morgan fingerprint density at radius 3 is 1.62 bits per heavy atom. The molecule has 1 fully saturated rings. The number of nitrogens with zero attached hydrogens (tertiary/aromatic N) is 8. The number of alkyl halides is 1. The van der Waals surface area contributed by atoms with Gasteiger partial charge in [-0.25, -0.2) is 19.3 Å². The van der Waals surface area contributed by atoms with Crippen LogP contribution in [0.3, 0.4) is 0 Å². The van der Waals surface area contributed by atoms with Gasteiger partial charge in [0, 0.05) is 55.9 Å². The van der Waals surface area contributed by atoms with Gasteiger partial charge in [-0.05, 0) is 22.0 Å². The van der Waals surface area contributed by atoms with Crippen molar-refractivity contribution in [1.82, 2.24) is 39.3 Å². The first-order chi connectivity index (χ1) is 34.1. The van der Waals surface area contributed by atoms with Crippen LogP contribution in [-0.2, 0) is 37.1 Å². The molecule has 382 valence electrons. The number of rotatable bonds is 17. The number of hydrogen-bond acceptors (Lipinski definition) is 13. The van der Waals surface area contributed by atoms with E-state index in [2.05, 4.69) is 37.8 Å². The molecule has 17 nitrogen and oxygen atoms in total. The summed E-state index contributed by atoms with van der Waals surface area (Å²) in [6, 6.07) is 38.8. The second-order valence-corrected chi connectivity index (χ2v) is 19.6. The Kier molecular flexibility index (Phi) is 29.0. The number of halogens is 1. The van der Waals surface area contributed by atoms with Gasteiger partial charge < -0.3 is 41.4 Å². The fraction of sp³-hybridized carbons (Fsp3) is 0.415. The largest absolute Gasteiger partial charge is 1.00 e. The van der Waals surface area contributed by atoms with E-state index in [0.29, 0.717) is 43.7 Å². The van der Waals surface area contributed by atoms with Gasteiger partial charge >= 0.3 is 138 Å². The third kappa shape index (κ3) is 19.3. The van der Waals surface area contributed by atoms with Gasteiger partial charge in [0.2, 0.25) is 11.8 Å². The van der Waals surface area contributed by atoms with E-state index in [9.17, 15) is 24.9 Å². The molecule has 73 heavy (non-hydrogen) atoms. The van der Waals surface area contributed by atoms with Crippen molar-refractivity contribution in [3.05, 3.63) is 144 Å². The minimum atomic E-state index is -0.493. The molecular formula is C53H67ClCs2N8O9. The summed E-state index contributed by atoms with van der Waals surface area (Å²) < 4.78 is 9.31. The first-order valence-electron chi connectivity index (χ1n) is 23.4. The van der Waals surface area contributed by atoms with Gasteiger partial charge in [-0.2, -0.15) is 10.2 Å². The molecular weight excluding hydrogens is 1190 g/mol. The summed E-state index contributed by atoms with van der Waals surface area (Å²) in [5.41, 5.74) is 3.20. The third-order valence-electron chi connectivity index (χ3n) is 11.6. The van der Waals surface area contributed by atoms with E-state index in [1.165, 1.54) is 0 Å². The van der Waals surface area contributed by atoms with Gasteiger partial charge in [0.05, 0.1) is 31.8 Å². The van der Waals surface area contributed by atoms with Crippen LogP contribution in [0.15, 0.2) is 121 Å². The van der Waals surface area contributed by atoms with Gasteiger partial charge in [0.25, 0.3) is 6.47 Å². The second-order valence-electron chi connectivity index (χ2n) is 19.4. The summed E-state index contributed by atoms with van der Waals surface area (Å²) in [4.78, 5) is 50.8. The molecule has 0 saturated carbocycles. The Balaban J connectivity index is 0.000000455. The number of aromatic nitrogens is 6. The minimum absolute atomic E-state index is 0. The zero-order chi connectivity index (χ0) is 51.6. The zero-order valence-electron chi connectivity index (χ0n) is 44.3. The average Bonchev–Trinajstić information content (AvgIpc) is 3.92. The maximum Gasteiger partial charge on any atom is 1.00 e. The normalized spacial score (nSPS) is 14.4. The Morgan fingerprint density at radius 1 is 0.781 bits per heavy atom. The number of benzene rings is 4. The molecule has 6 aromatic rings. The molecule has 1 aliphatic rings. The molecule has 20 heteroatoms. The summed E-state index contributed by atoms with van der Waals surface area (Å²) in [7, 11) is 0. The Hall–Kier alpha value is -2.24. The molecule has 2 aromatic heterocycles. The summed E-state index contributed by atoms with van der Waals surface area (Å²) in [6.07, 6.45) is 0. The molecule has 0 spiro atoms. The van der Waals surface area contributed by atoms with Crippen LogP contribution < -0.4 is 143 Å². The Labute approximate surface area is 552 Å². The first-order valence-corrected chi connectivity index (χ1v) is 24.0. The van der Waals surface area contributed by atoms with Gasteiger partial charge in [-0.15, -0.1) is 11.6 Å². The van der Waals surface area contributed by atoms with Crippen LogP contribution in [0.2, 0.25) is 0 Å². The molecule has 0 bridgehead atoms. The molecule has 0 radical (unpaired) electrons. The first kappa shape index (κ1) is 65.0. The SMILES string of the molecule is CC(C)(C)C(c1nc(-c2ccccc2)nn1Cc1ccccc1)N1CC(CO)COCC1=O.CC(C)(C)[C@H](c1nc(-c2ccccc2)nn1Cc1ccccc1)N(CC(CO)CO)C(=O)CCl.O=CO[O-].[Cs+].[Cs+].[H-]. The van der Waals surface area contributed by atoms with Crippen LogP contribution in [0.5, 0.6) is 0 Å². The molecule has 7 rings (SSSR count). The van der Waals surface area contributed by atoms with Crippen molar-refractivity contribution in [1.29, 1.82) is 0 Å². The van der Waals surface area contributed by atoms with Gasteiger partial charge in [0.15, 0.2) is 23.3 Å². The Bertz CT molecular complexity index is 2550. The van der Waals surface area contributed by atoms with Crippen LogP contribution in [0.25, 0.3) is 22.8 Å². The Morgan fingerprint density at radius 2 is 1.22 bits per heavy atom. The molecule has 4 aromatic carbocycles. The minimum Gasteiger partial charge on any atom is -1.00 e. The number of aliphatic hydroxyl groups excluding tert-OH is 3. The van der Waals surface area contributed by atoms with Crippen LogP contribution in [-0.4, -0.2) is 125 Å². The van der Waals surface area contributed by atoms with E-state index in [1.54, 1.807) is 4.90 Å². The van der Waals surface area contributed by atoms with Crippen molar-refractivity contribution >= 4 is 29.9 Å². The summed E-state index contributed by atoms with van der Waals surface area (Å²) in [5, 5.41) is 47.4. The number of carbonyl (C=O) groups is 3. The average molecular weight is 1260 g/mol. The topological polar surface area (TPSA) is 221 Å². The van der Waals surface area contributed by atoms with Crippen molar-refractivity contribution in [3.8, 4) is 22.8 Å². The van der Waals surface area contributed by atoms with E-state index >= 15 is 0 Å². The maximum atomic E-state index is 13.1. The van der Waals surface area contributed by atoms with E-state index in [4.69, 9.17) is 46.6 Å². The molecule has 1 saturated heterocycles. The molecule has 1 aliphatic heterocycles. The van der Waals surface area contributed by atoms with Crippen LogP contribution in [0.4, 0.5) is 0 Å². The van der Waals surface area contributed by atoms with Crippen molar-refractivity contribution in [2.45, 2.75) is 66.7 Å². The number of hydrogen-bond donors (Lipinski definition) is 3. The van der Waals surface area contributed by atoms with E-state index in [0.717, 1.165) is 28.1 Å². The maximum absolute atomic E-state index is 13.1. The molecule has 2 amide bonds. The number of aliphatic hydroxyl groups is 3. The number of carbonyl (C=O) groups excluding carboxylic acids is 3. The summed E-state index contributed by atoms with van der Waals surface area (Å²) in [5.74, 6) is 1.34. The van der Waals surface area contributed by atoms with Gasteiger partial charge in [0.1, 0.15) is 12.5 Å². The van der Waals surface area contributed by atoms with Crippen LogP contribution in [0.1, 0.15) is 77.8 Å². The van der Waals surface area contributed by atoms with Crippen molar-refractivity contribution < 1.29 is 184 Å². The van der Waals surface area contributed by atoms with Crippen LogP contribution in [0, 0.1) is 22.7 Å². The number of ether oxygens (including phenoxy) is 1. The predicted molar refractivity (Wildman–Crippen MR) is 268 cm³/mol. The van der Waals surface area contributed by atoms with Crippen molar-refractivity contribution in [3.63, 3.8) is 0 Å². The summed E-state index contributed by atoms with van der Waals surface area (Å²) in [6.45, 7) is 13.7. The third-order valence-corrected chi connectivity index (χ3v) is 11.9. The molecule has 2 unspecified atom stereocenters. The van der Waals surface area contributed by atoms with Gasteiger partial charge in [-0.1, -0.05) is 163 Å². The van der Waals surface area contributed by atoms with Crippen molar-refractivity contribution in [2.75, 3.05) is 52.0 Å². The molecule has 3 heterocycles. The molecule has 0 aliphatic carbocycles. The van der Waals surface area contributed by atoms with Crippen LogP contribution >= 0.6 is 11.6 Å². The standard InChI is InChI=1S/C26H33ClN4O3.C26H32N4O3.CH2O3.2Cs.H/c1-26(2,3)23(30(22(34)14-27)15-20(17-32)18-33)25-28-24(21-12-8-5-9-13-21)29-31(25)16-19-10-6-4-7-11-19;1-26(2,3)23(29-14-20(16-31)17-33-18-22(29)32)25-27-24(21-12-8-5-9-13-21)28-30(25)15-19-10-6-4-7-11-19;2-1-4-3;;;/h4-13,20,23,32-33H,14-18H2,1-3H3;4-13,20,23,31H,14-18H2,1-3H3;1,3H;;;/q;;;2*+1;-1/p-1/t23-;;;;;/m0...../s1. The van der Waals surface area contributed by atoms with Crippen molar-refractivity contribution in [2.24, 2.45) is 22.7 Å². The zero-order valence-corrected chi connectivity index (χ0v) is 56.6. The summed E-state index contributed by atoms with van der Waals surface area (Å²) >= 11 is 6.01. The van der Waals surface area contributed by atoms with E-state index in [1.807, 2.05) is 144 Å². The fourth-order valence-electron chi connectivity index (χ4n) is 8.33. The molecule has 3 N–H and O–H groups in total. The fourth-order valence-corrected chi connectivity index (χ4v) is 8.49. The number of amides is 2. The smallest absolute Gasteiger partial charge is 1.00 e. The second kappa shape index (κ2) is 32.5. The van der Waals surface area contributed by atoms with E-state index in [-0.39, 0.29) is 214 Å². The monoisotopic (exact) mass is 1260 g/mol. The quantitative estimate of drug-likeness (QED) is 0.0469. The van der Waals surface area contributed by atoms with Gasteiger partial charge in [-0.3, -0.25) is 14.4 Å². The van der Waals surface area contributed by atoms with E-state index < -0.39 is 17.4 Å². The predicted octanol–water partition coefficient (Wildman–Crippen LogP) is -0.148.